The zero-order valence-corrected chi connectivity index (χ0v) is 25.6. The van der Waals surface area contributed by atoms with Crippen LogP contribution in [0.3, 0.4) is 0 Å². The molecule has 0 unspecified atom stereocenters. The smallest absolute Gasteiger partial charge is 0.358 e. The topological polar surface area (TPSA) is 40.6 Å². The summed E-state index contributed by atoms with van der Waals surface area (Å²) in [6.45, 7) is 0. The van der Waals surface area contributed by atoms with Gasteiger partial charge in [-0.25, -0.2) is 4.98 Å². The Labute approximate surface area is 267 Å². The van der Waals surface area contributed by atoms with E-state index >= 15 is 0 Å². The summed E-state index contributed by atoms with van der Waals surface area (Å²) in [4.78, 5) is 4.86. The summed E-state index contributed by atoms with van der Waals surface area (Å²) in [7, 11) is 0. The zero-order chi connectivity index (χ0) is 28.3. The third-order valence-corrected chi connectivity index (χ3v) is 8.21. The molecule has 0 saturated heterocycles. The van der Waals surface area contributed by atoms with Crippen LogP contribution in [0.2, 0.25) is 0 Å². The zero-order valence-electron chi connectivity index (χ0n) is 23.3. The van der Waals surface area contributed by atoms with Crippen LogP contribution in [0.1, 0.15) is 0 Å². The van der Waals surface area contributed by atoms with Gasteiger partial charge in [0, 0.05) is 29.6 Å². The Balaban J connectivity index is 0.00000289. The van der Waals surface area contributed by atoms with Gasteiger partial charge in [-0.1, -0.05) is 83.5 Å². The fourth-order valence-electron chi connectivity index (χ4n) is 6.28. The number of benzene rings is 5. The summed E-state index contributed by atoms with van der Waals surface area (Å²) < 4.78 is 6.33. The van der Waals surface area contributed by atoms with Crippen molar-refractivity contribution in [3.8, 4) is 28.3 Å². The monoisotopic (exact) mass is 744 g/mol. The number of hydrogen-bond donors (Lipinski definition) is 0. The van der Waals surface area contributed by atoms with E-state index < -0.39 is 0 Å². The first-order chi connectivity index (χ1) is 21.3. The van der Waals surface area contributed by atoms with Gasteiger partial charge in [-0.05, 0) is 57.9 Å². The summed E-state index contributed by atoms with van der Waals surface area (Å²) in [5.41, 5.74) is 8.27. The second kappa shape index (κ2) is 10.5. The van der Waals surface area contributed by atoms with Crippen molar-refractivity contribution >= 4 is 43.6 Å². The van der Waals surface area contributed by atoms with Crippen molar-refractivity contribution in [2.45, 2.75) is 0 Å². The van der Waals surface area contributed by atoms with Crippen molar-refractivity contribution in [3.05, 3.63) is 152 Å². The van der Waals surface area contributed by atoms with E-state index in [0.717, 1.165) is 61.2 Å². The molecule has 5 aromatic carbocycles. The van der Waals surface area contributed by atoms with E-state index in [1.165, 1.54) is 10.8 Å². The molecule has 6 heteroatoms. The molecule has 0 amide bonds. The molecular weight excluding hydrogens is 722 g/mol. The molecule has 0 aliphatic heterocycles. The summed E-state index contributed by atoms with van der Waals surface area (Å²) in [5, 5.41) is 9.06. The summed E-state index contributed by atoms with van der Waals surface area (Å²) in [6.07, 6.45) is 5.62. The van der Waals surface area contributed by atoms with E-state index in [4.69, 9.17) is 4.98 Å². The van der Waals surface area contributed by atoms with Crippen molar-refractivity contribution in [1.29, 1.82) is 0 Å². The van der Waals surface area contributed by atoms with Crippen molar-refractivity contribution in [2.75, 3.05) is 0 Å². The van der Waals surface area contributed by atoms with Gasteiger partial charge in [0.15, 0.2) is 0 Å². The molecule has 0 N–H and O–H groups in total. The van der Waals surface area contributed by atoms with Crippen LogP contribution < -0.4 is 0 Å². The molecule has 0 bridgehead atoms. The fraction of sp³-hybridized carbons (Fsp3) is 0. The SMILES string of the molecule is [Pt+2].[c-]1c(-n2cccn2)ccc2c3ccccc3n(-c3[c-]c4c(cc3)c3ccccc3n4-c3cc(-c4ccccc4)ccn3)c12. The molecule has 4 aromatic heterocycles. The van der Waals surface area contributed by atoms with Crippen LogP contribution in [-0.4, -0.2) is 23.9 Å². The maximum Gasteiger partial charge on any atom is 2.00 e. The molecule has 210 valence electrons. The largest absolute Gasteiger partial charge is 2.00 e. The molecule has 9 aromatic rings. The standard InChI is InChI=1S/C38H23N5.Pt/c1-2-9-26(10-3-1)27-19-21-39-38(23-27)43-35-14-7-5-12-31(35)33-18-16-29(25-37(33)43)42-34-13-6-4-11-30(34)32-17-15-28(24-36(32)42)41-22-8-20-40-41;/h1-23H;/q-2;+2. The Hall–Kier alpha value is -5.25. The van der Waals surface area contributed by atoms with Gasteiger partial charge in [0.05, 0.1) is 0 Å². The van der Waals surface area contributed by atoms with Gasteiger partial charge in [-0.15, -0.1) is 35.0 Å². The average molecular weight is 745 g/mol. The first kappa shape index (κ1) is 26.4. The van der Waals surface area contributed by atoms with Gasteiger partial charge in [0.2, 0.25) is 0 Å². The first-order valence-electron chi connectivity index (χ1n) is 14.3. The molecule has 0 saturated carbocycles. The van der Waals surface area contributed by atoms with Gasteiger partial charge in [-0.2, -0.15) is 17.2 Å². The molecule has 44 heavy (non-hydrogen) atoms. The number of fused-ring (bicyclic) bond motifs is 6. The van der Waals surface area contributed by atoms with E-state index in [9.17, 15) is 0 Å². The molecule has 0 fully saturated rings. The van der Waals surface area contributed by atoms with Crippen LogP contribution in [0.25, 0.3) is 71.9 Å². The van der Waals surface area contributed by atoms with Crippen molar-refractivity contribution < 1.29 is 21.1 Å². The van der Waals surface area contributed by atoms with Gasteiger partial charge in [-0.3, -0.25) is 4.68 Å². The average Bonchev–Trinajstić information content (AvgIpc) is 3.80. The minimum Gasteiger partial charge on any atom is -0.358 e. The molecule has 0 aliphatic rings. The predicted octanol–water partition coefficient (Wildman–Crippen LogP) is 8.73. The molecule has 0 aliphatic carbocycles. The third kappa shape index (κ3) is 4.05. The second-order valence-electron chi connectivity index (χ2n) is 10.6. The van der Waals surface area contributed by atoms with Crippen molar-refractivity contribution in [1.82, 2.24) is 23.9 Å². The number of hydrogen-bond acceptors (Lipinski definition) is 2. The Morgan fingerprint density at radius 3 is 1.86 bits per heavy atom. The van der Waals surface area contributed by atoms with E-state index in [0.29, 0.717) is 0 Å². The molecule has 0 atom stereocenters. The summed E-state index contributed by atoms with van der Waals surface area (Å²) in [5.74, 6) is 0.857. The predicted molar refractivity (Wildman–Crippen MR) is 173 cm³/mol. The van der Waals surface area contributed by atoms with Crippen LogP contribution in [0.5, 0.6) is 0 Å². The molecule has 0 radical (unpaired) electrons. The minimum atomic E-state index is 0. The number of para-hydroxylation sites is 2. The van der Waals surface area contributed by atoms with Crippen LogP contribution in [0, 0.1) is 12.1 Å². The Morgan fingerprint density at radius 2 is 1.14 bits per heavy atom. The Morgan fingerprint density at radius 1 is 0.500 bits per heavy atom. The Kier molecular flexibility index (Phi) is 6.28. The van der Waals surface area contributed by atoms with Crippen molar-refractivity contribution in [2.24, 2.45) is 0 Å². The van der Waals surface area contributed by atoms with Crippen molar-refractivity contribution in [3.63, 3.8) is 0 Å². The van der Waals surface area contributed by atoms with Crippen LogP contribution in [-0.2, 0) is 21.1 Å². The van der Waals surface area contributed by atoms with Gasteiger partial charge < -0.3 is 9.13 Å². The maximum absolute atomic E-state index is 4.86. The molecule has 5 nitrogen and oxygen atoms in total. The quantitative estimate of drug-likeness (QED) is 0.169. The van der Waals surface area contributed by atoms with E-state index in [-0.39, 0.29) is 21.1 Å². The summed E-state index contributed by atoms with van der Waals surface area (Å²) >= 11 is 0. The van der Waals surface area contributed by atoms with E-state index in [2.05, 4.69) is 136 Å². The minimum absolute atomic E-state index is 0. The molecule has 0 spiro atoms. The number of pyridine rings is 1. The van der Waals surface area contributed by atoms with E-state index in [1.807, 2.05) is 29.2 Å². The second-order valence-corrected chi connectivity index (χ2v) is 10.6. The fourth-order valence-corrected chi connectivity index (χ4v) is 6.28. The van der Waals surface area contributed by atoms with Crippen LogP contribution in [0.4, 0.5) is 0 Å². The number of aromatic nitrogens is 5. The third-order valence-electron chi connectivity index (χ3n) is 8.21. The normalized spacial score (nSPS) is 11.5. The molecule has 4 heterocycles. The van der Waals surface area contributed by atoms with Gasteiger partial charge in [0.1, 0.15) is 5.82 Å². The first-order valence-corrected chi connectivity index (χ1v) is 14.3. The van der Waals surface area contributed by atoms with Crippen LogP contribution in [0.15, 0.2) is 140 Å². The number of rotatable bonds is 4. The Bertz CT molecular complexity index is 2450. The molecule has 9 rings (SSSR count). The summed E-state index contributed by atoms with van der Waals surface area (Å²) in [6, 6.07) is 49.7. The maximum atomic E-state index is 4.86. The molecular formula is C38H23N5Pt. The van der Waals surface area contributed by atoms with Gasteiger partial charge in [0.25, 0.3) is 0 Å². The van der Waals surface area contributed by atoms with Gasteiger partial charge >= 0.3 is 21.1 Å². The van der Waals surface area contributed by atoms with Crippen LogP contribution >= 0.6 is 0 Å². The van der Waals surface area contributed by atoms with E-state index in [1.54, 1.807) is 6.20 Å². The number of nitrogens with zero attached hydrogens (tertiary/aromatic N) is 5.